The van der Waals surface area contributed by atoms with Gasteiger partial charge in [-0.25, -0.2) is 9.97 Å². The topological polar surface area (TPSA) is 93.7 Å². The minimum absolute atomic E-state index is 0.0665. The molecule has 0 bridgehead atoms. The molecule has 4 heterocycles. The van der Waals surface area contributed by atoms with Crippen molar-refractivity contribution < 1.29 is 18.9 Å². The number of fused-ring (bicyclic) bond motifs is 2. The molecule has 2 aliphatic heterocycles. The second-order valence-electron chi connectivity index (χ2n) is 9.46. The lowest BCUT2D eigenvalue weighted by atomic mass is 9.92. The van der Waals surface area contributed by atoms with E-state index in [1.54, 1.807) is 0 Å². The van der Waals surface area contributed by atoms with Gasteiger partial charge in [-0.15, -0.1) is 0 Å². The van der Waals surface area contributed by atoms with Gasteiger partial charge in [-0.2, -0.15) is 0 Å². The SMILES string of the molecule is CC1(C)O[C@@H]2[C@H](O1)[C@@H](c1cccc(C3(C)OCCO3)c1)C[C@H]2n1ccc2c(N)ncnc21. The smallest absolute Gasteiger partial charge is 0.192 e. The summed E-state index contributed by atoms with van der Waals surface area (Å²) >= 11 is 0. The van der Waals surface area contributed by atoms with Crippen molar-refractivity contribution in [1.29, 1.82) is 0 Å². The molecule has 1 aromatic carbocycles. The fourth-order valence-corrected chi connectivity index (χ4v) is 5.54. The molecule has 0 radical (unpaired) electrons. The molecule has 3 aliphatic rings. The van der Waals surface area contributed by atoms with E-state index in [0.717, 1.165) is 23.0 Å². The lowest BCUT2D eigenvalue weighted by molar-refractivity contribution is -0.157. The van der Waals surface area contributed by atoms with E-state index in [1.165, 1.54) is 11.9 Å². The van der Waals surface area contributed by atoms with Crippen LogP contribution >= 0.6 is 0 Å². The fourth-order valence-electron chi connectivity index (χ4n) is 5.54. The molecule has 2 aromatic heterocycles. The van der Waals surface area contributed by atoms with Crippen molar-refractivity contribution in [2.75, 3.05) is 18.9 Å². The van der Waals surface area contributed by atoms with Crippen LogP contribution in [0.1, 0.15) is 50.3 Å². The minimum atomic E-state index is -0.704. The number of nitrogens with zero attached hydrogens (tertiary/aromatic N) is 3. The second-order valence-corrected chi connectivity index (χ2v) is 9.46. The number of hydrogen-bond donors (Lipinski definition) is 1. The first-order chi connectivity index (χ1) is 15.3. The number of rotatable bonds is 3. The third-order valence-corrected chi connectivity index (χ3v) is 7.01. The van der Waals surface area contributed by atoms with Gasteiger partial charge < -0.3 is 29.2 Å². The third-order valence-electron chi connectivity index (χ3n) is 7.01. The molecule has 2 N–H and O–H groups in total. The largest absolute Gasteiger partial charge is 0.383 e. The van der Waals surface area contributed by atoms with E-state index in [9.17, 15) is 0 Å². The van der Waals surface area contributed by atoms with Gasteiger partial charge in [-0.3, -0.25) is 0 Å². The van der Waals surface area contributed by atoms with Crippen LogP contribution in [0.2, 0.25) is 0 Å². The maximum Gasteiger partial charge on any atom is 0.192 e. The van der Waals surface area contributed by atoms with Crippen LogP contribution in [0.3, 0.4) is 0 Å². The Morgan fingerprint density at radius 2 is 1.81 bits per heavy atom. The number of nitrogen functional groups attached to an aromatic ring is 1. The number of nitrogens with two attached hydrogens (primary N) is 1. The molecule has 8 heteroatoms. The zero-order valence-electron chi connectivity index (χ0n) is 18.5. The summed E-state index contributed by atoms with van der Waals surface area (Å²) in [4.78, 5) is 8.64. The van der Waals surface area contributed by atoms with Crippen LogP contribution < -0.4 is 5.73 Å². The van der Waals surface area contributed by atoms with Gasteiger partial charge >= 0.3 is 0 Å². The Labute approximate surface area is 186 Å². The molecule has 1 saturated carbocycles. The molecule has 168 valence electrons. The van der Waals surface area contributed by atoms with Gasteiger partial charge in [0.2, 0.25) is 0 Å². The van der Waals surface area contributed by atoms with Crippen molar-refractivity contribution >= 4 is 16.9 Å². The summed E-state index contributed by atoms with van der Waals surface area (Å²) in [5, 5.41) is 0.858. The highest BCUT2D eigenvalue weighted by molar-refractivity contribution is 5.86. The van der Waals surface area contributed by atoms with E-state index in [2.05, 4.69) is 38.8 Å². The Morgan fingerprint density at radius 1 is 1.03 bits per heavy atom. The highest BCUT2D eigenvalue weighted by atomic mass is 16.8. The standard InChI is InChI=1S/C24H28N4O4/c1-23(2)31-19-17(14-5-4-6-15(11-14)24(3)29-9-10-30-24)12-18(20(19)32-23)28-8-7-16-21(25)26-13-27-22(16)28/h4-8,11,13,17-20H,9-10,12H2,1-3H3,(H2,25,26,27)/t17-,18-,19-,20+/m1/s1. The van der Waals surface area contributed by atoms with Crippen molar-refractivity contribution in [3.8, 4) is 0 Å². The highest BCUT2D eigenvalue weighted by Gasteiger charge is 2.55. The normalized spacial score (nSPS) is 30.7. The molecule has 2 saturated heterocycles. The van der Waals surface area contributed by atoms with Crippen molar-refractivity contribution in [3.63, 3.8) is 0 Å². The Kier molecular flexibility index (Phi) is 4.39. The average molecular weight is 437 g/mol. The molecular weight excluding hydrogens is 408 g/mol. The van der Waals surface area contributed by atoms with Gasteiger partial charge in [0.25, 0.3) is 0 Å². The van der Waals surface area contributed by atoms with Gasteiger partial charge in [-0.1, -0.05) is 24.3 Å². The molecule has 0 unspecified atom stereocenters. The lowest BCUT2D eigenvalue weighted by Gasteiger charge is -2.26. The van der Waals surface area contributed by atoms with E-state index < -0.39 is 11.6 Å². The van der Waals surface area contributed by atoms with Crippen LogP contribution in [0.25, 0.3) is 11.0 Å². The monoisotopic (exact) mass is 436 g/mol. The summed E-state index contributed by atoms with van der Waals surface area (Å²) in [6.45, 7) is 7.14. The Bertz CT molecular complexity index is 1170. The van der Waals surface area contributed by atoms with Gasteiger partial charge in [0.05, 0.1) is 30.7 Å². The molecule has 8 nitrogen and oxygen atoms in total. The predicted octanol–water partition coefficient (Wildman–Crippen LogP) is 3.48. The van der Waals surface area contributed by atoms with Crippen LogP contribution in [0.5, 0.6) is 0 Å². The van der Waals surface area contributed by atoms with Crippen molar-refractivity contribution in [2.24, 2.45) is 0 Å². The van der Waals surface area contributed by atoms with Crippen LogP contribution in [-0.2, 0) is 24.7 Å². The predicted molar refractivity (Wildman–Crippen MR) is 118 cm³/mol. The van der Waals surface area contributed by atoms with E-state index in [4.69, 9.17) is 24.7 Å². The number of anilines is 1. The summed E-state index contributed by atoms with van der Waals surface area (Å²) in [5.41, 5.74) is 9.13. The molecule has 32 heavy (non-hydrogen) atoms. The Morgan fingerprint density at radius 3 is 2.62 bits per heavy atom. The maximum atomic E-state index is 6.44. The highest BCUT2D eigenvalue weighted by Crippen LogP contribution is 2.51. The van der Waals surface area contributed by atoms with E-state index in [-0.39, 0.29) is 24.2 Å². The Hall–Kier alpha value is -2.52. The maximum absolute atomic E-state index is 6.44. The number of benzene rings is 1. The molecule has 0 spiro atoms. The first kappa shape index (κ1) is 20.1. The summed E-state index contributed by atoms with van der Waals surface area (Å²) in [6, 6.07) is 10.5. The first-order valence-electron chi connectivity index (χ1n) is 11.2. The summed E-state index contributed by atoms with van der Waals surface area (Å²) in [5.74, 6) is -0.704. The van der Waals surface area contributed by atoms with Gasteiger partial charge in [0.15, 0.2) is 11.6 Å². The number of aromatic nitrogens is 3. The van der Waals surface area contributed by atoms with Crippen molar-refractivity contribution in [3.05, 3.63) is 54.0 Å². The van der Waals surface area contributed by atoms with E-state index >= 15 is 0 Å². The molecule has 0 amide bonds. The van der Waals surface area contributed by atoms with E-state index in [0.29, 0.717) is 19.0 Å². The quantitative estimate of drug-likeness (QED) is 0.672. The van der Waals surface area contributed by atoms with E-state index in [1.807, 2.05) is 33.0 Å². The van der Waals surface area contributed by atoms with Crippen molar-refractivity contribution in [1.82, 2.24) is 14.5 Å². The van der Waals surface area contributed by atoms with Gasteiger partial charge in [0, 0.05) is 17.7 Å². The number of hydrogen-bond acceptors (Lipinski definition) is 7. The molecule has 6 rings (SSSR count). The Balaban J connectivity index is 1.40. The van der Waals surface area contributed by atoms with Crippen LogP contribution in [0.15, 0.2) is 42.9 Å². The molecule has 1 aliphatic carbocycles. The summed E-state index contributed by atoms with van der Waals surface area (Å²) in [7, 11) is 0. The zero-order valence-corrected chi connectivity index (χ0v) is 18.5. The van der Waals surface area contributed by atoms with Crippen LogP contribution in [0.4, 0.5) is 5.82 Å². The lowest BCUT2D eigenvalue weighted by Crippen LogP contribution is -2.27. The zero-order chi connectivity index (χ0) is 22.1. The third kappa shape index (κ3) is 3.05. The van der Waals surface area contributed by atoms with Crippen LogP contribution in [0, 0.1) is 0 Å². The summed E-state index contributed by atoms with van der Waals surface area (Å²) < 4.78 is 26.8. The summed E-state index contributed by atoms with van der Waals surface area (Å²) in [6.07, 6.45) is 4.24. The molecule has 4 atom stereocenters. The van der Waals surface area contributed by atoms with Crippen LogP contribution in [-0.4, -0.2) is 45.7 Å². The van der Waals surface area contributed by atoms with Crippen molar-refractivity contribution in [2.45, 2.75) is 62.9 Å². The van der Waals surface area contributed by atoms with Gasteiger partial charge in [-0.05, 0) is 38.8 Å². The fraction of sp³-hybridized carbons (Fsp3) is 0.500. The molecule has 3 fully saturated rings. The van der Waals surface area contributed by atoms with Gasteiger partial charge in [0.1, 0.15) is 23.9 Å². The molecule has 3 aromatic rings. The minimum Gasteiger partial charge on any atom is -0.383 e. The second kappa shape index (κ2) is 6.99. The molecular formula is C24H28N4O4. The number of ether oxygens (including phenoxy) is 4. The first-order valence-corrected chi connectivity index (χ1v) is 11.2. The average Bonchev–Trinajstić information content (AvgIpc) is 3.52.